The number of halogens is 1. The van der Waals surface area contributed by atoms with E-state index in [2.05, 4.69) is 22.0 Å². The van der Waals surface area contributed by atoms with Crippen LogP contribution in [0.1, 0.15) is 97.3 Å². The second kappa shape index (κ2) is 3.87. The van der Waals surface area contributed by atoms with Crippen LogP contribution in [0.4, 0.5) is 0 Å². The number of fused-ring (bicyclic) bond motifs is 4. The molecule has 7 rings (SSSR count). The third-order valence-electron chi connectivity index (χ3n) is 6.55. The first-order valence-electron chi connectivity index (χ1n) is 8.19. The Labute approximate surface area is 124 Å². The topological polar surface area (TPSA) is 0 Å². The Kier molecular flexibility index (Phi) is 2.32. The van der Waals surface area contributed by atoms with Crippen LogP contribution in [0.2, 0.25) is 0 Å². The fourth-order valence-electron chi connectivity index (χ4n) is 5.73. The van der Waals surface area contributed by atoms with Gasteiger partial charge in [-0.15, -0.1) is 0 Å². The molecule has 4 bridgehead atoms. The highest BCUT2D eigenvalue weighted by Crippen LogP contribution is 2.59. The van der Waals surface area contributed by atoms with Gasteiger partial charge in [-0.1, -0.05) is 15.9 Å². The third-order valence-corrected chi connectivity index (χ3v) is 7.21. The summed E-state index contributed by atoms with van der Waals surface area (Å²) in [6.45, 7) is 0. The SMILES string of the molecule is Brc1cc2c(c3c1C1CCC3CC1)C1CCC2CC1. The van der Waals surface area contributed by atoms with Crippen LogP contribution in [-0.2, 0) is 0 Å². The molecule has 0 unspecified atom stereocenters. The second-order valence-electron chi connectivity index (χ2n) is 7.29. The molecule has 0 nitrogen and oxygen atoms in total. The largest absolute Gasteiger partial charge is 0.0505 e. The van der Waals surface area contributed by atoms with Crippen molar-refractivity contribution in [2.75, 3.05) is 0 Å². The van der Waals surface area contributed by atoms with Gasteiger partial charge in [0.05, 0.1) is 0 Å². The molecule has 0 N–H and O–H groups in total. The van der Waals surface area contributed by atoms with Gasteiger partial charge in [-0.2, -0.15) is 0 Å². The predicted octanol–water partition coefficient (Wildman–Crippen LogP) is 5.96. The minimum Gasteiger partial charge on any atom is -0.0505 e. The molecule has 0 heterocycles. The number of hydrogen-bond acceptors (Lipinski definition) is 0. The van der Waals surface area contributed by atoms with Crippen molar-refractivity contribution in [3.8, 4) is 0 Å². The van der Waals surface area contributed by atoms with Crippen molar-refractivity contribution >= 4 is 15.9 Å². The normalized spacial score (nSPS) is 38.2. The van der Waals surface area contributed by atoms with Gasteiger partial charge in [0.25, 0.3) is 0 Å². The van der Waals surface area contributed by atoms with Gasteiger partial charge in [-0.3, -0.25) is 0 Å². The van der Waals surface area contributed by atoms with E-state index in [0.717, 1.165) is 23.7 Å². The van der Waals surface area contributed by atoms with Gasteiger partial charge in [-0.05, 0) is 103 Å². The van der Waals surface area contributed by atoms with Crippen molar-refractivity contribution in [3.05, 3.63) is 32.8 Å². The smallest absolute Gasteiger partial charge is 0.0216 e. The maximum absolute atomic E-state index is 3.93. The monoisotopic (exact) mass is 316 g/mol. The van der Waals surface area contributed by atoms with E-state index in [1.54, 1.807) is 11.1 Å². The van der Waals surface area contributed by atoms with Crippen LogP contribution < -0.4 is 0 Å². The van der Waals surface area contributed by atoms with Gasteiger partial charge >= 0.3 is 0 Å². The first-order chi connectivity index (χ1) is 9.33. The zero-order chi connectivity index (χ0) is 12.6. The van der Waals surface area contributed by atoms with Gasteiger partial charge in [0.2, 0.25) is 0 Å². The molecular weight excluding hydrogens is 296 g/mol. The minimum atomic E-state index is 0.875. The van der Waals surface area contributed by atoms with E-state index in [1.807, 2.05) is 11.1 Å². The summed E-state index contributed by atoms with van der Waals surface area (Å²) in [5.74, 6) is 3.59. The third kappa shape index (κ3) is 1.41. The van der Waals surface area contributed by atoms with Crippen LogP contribution in [0.3, 0.4) is 0 Å². The van der Waals surface area contributed by atoms with Gasteiger partial charge in [0.1, 0.15) is 0 Å². The summed E-state index contributed by atoms with van der Waals surface area (Å²) >= 11 is 3.93. The number of hydrogen-bond donors (Lipinski definition) is 0. The molecule has 6 aliphatic carbocycles. The lowest BCUT2D eigenvalue weighted by atomic mass is 9.59. The van der Waals surface area contributed by atoms with Gasteiger partial charge in [0, 0.05) is 4.47 Å². The highest BCUT2D eigenvalue weighted by Gasteiger charge is 2.42. The highest BCUT2D eigenvalue weighted by molar-refractivity contribution is 9.10. The molecule has 0 saturated heterocycles. The molecule has 1 aromatic carbocycles. The summed E-state index contributed by atoms with van der Waals surface area (Å²) in [7, 11) is 0. The summed E-state index contributed by atoms with van der Waals surface area (Å²) in [5, 5.41) is 0. The second-order valence-corrected chi connectivity index (χ2v) is 8.14. The van der Waals surface area contributed by atoms with E-state index in [-0.39, 0.29) is 0 Å². The minimum absolute atomic E-state index is 0.875. The first-order valence-corrected chi connectivity index (χ1v) is 8.98. The molecule has 2 saturated carbocycles. The van der Waals surface area contributed by atoms with Crippen molar-refractivity contribution in [3.63, 3.8) is 0 Å². The Hall–Kier alpha value is -0.300. The molecular formula is C18H21Br. The van der Waals surface area contributed by atoms with Gasteiger partial charge in [-0.25, -0.2) is 0 Å². The van der Waals surface area contributed by atoms with Gasteiger partial charge in [0.15, 0.2) is 0 Å². The van der Waals surface area contributed by atoms with Crippen LogP contribution in [0, 0.1) is 0 Å². The van der Waals surface area contributed by atoms with Crippen molar-refractivity contribution < 1.29 is 0 Å². The molecule has 19 heavy (non-hydrogen) atoms. The Morgan fingerprint density at radius 1 is 0.632 bits per heavy atom. The Bertz CT molecular complexity index is 543. The summed E-state index contributed by atoms with van der Waals surface area (Å²) in [6.07, 6.45) is 11.7. The lowest BCUT2D eigenvalue weighted by Crippen LogP contribution is -2.30. The quantitative estimate of drug-likeness (QED) is 0.554. The molecule has 0 amide bonds. The zero-order valence-corrected chi connectivity index (χ0v) is 13.0. The van der Waals surface area contributed by atoms with Crippen molar-refractivity contribution in [2.45, 2.75) is 75.0 Å². The van der Waals surface area contributed by atoms with E-state index in [1.165, 1.54) is 55.8 Å². The summed E-state index contributed by atoms with van der Waals surface area (Å²) < 4.78 is 1.46. The van der Waals surface area contributed by atoms with Crippen molar-refractivity contribution in [1.82, 2.24) is 0 Å². The lowest BCUT2D eigenvalue weighted by molar-refractivity contribution is 0.325. The molecule has 100 valence electrons. The molecule has 0 radical (unpaired) electrons. The van der Waals surface area contributed by atoms with Crippen LogP contribution in [0.25, 0.3) is 0 Å². The molecule has 1 heteroatoms. The van der Waals surface area contributed by atoms with E-state index < -0.39 is 0 Å². The Morgan fingerprint density at radius 2 is 1.11 bits per heavy atom. The van der Waals surface area contributed by atoms with Crippen LogP contribution in [-0.4, -0.2) is 0 Å². The van der Waals surface area contributed by atoms with E-state index in [4.69, 9.17) is 0 Å². The molecule has 0 aliphatic heterocycles. The Morgan fingerprint density at radius 3 is 1.74 bits per heavy atom. The number of rotatable bonds is 0. The van der Waals surface area contributed by atoms with E-state index in [9.17, 15) is 0 Å². The van der Waals surface area contributed by atoms with Crippen LogP contribution >= 0.6 is 15.9 Å². The maximum atomic E-state index is 3.93. The van der Waals surface area contributed by atoms with Crippen LogP contribution in [0.5, 0.6) is 0 Å². The average molecular weight is 317 g/mol. The summed E-state index contributed by atoms with van der Waals surface area (Å²) in [6, 6.07) is 2.53. The van der Waals surface area contributed by atoms with E-state index >= 15 is 0 Å². The summed E-state index contributed by atoms with van der Waals surface area (Å²) in [5.41, 5.74) is 7.20. The Balaban J connectivity index is 1.83. The zero-order valence-electron chi connectivity index (χ0n) is 11.4. The number of benzene rings is 1. The fraction of sp³-hybridized carbons (Fsp3) is 0.667. The first kappa shape index (κ1) is 11.4. The highest BCUT2D eigenvalue weighted by atomic mass is 79.9. The van der Waals surface area contributed by atoms with Crippen molar-refractivity contribution in [2.24, 2.45) is 0 Å². The molecule has 2 fully saturated rings. The summed E-state index contributed by atoms with van der Waals surface area (Å²) in [4.78, 5) is 0. The fourth-order valence-corrected chi connectivity index (χ4v) is 6.52. The lowest BCUT2D eigenvalue weighted by Gasteiger charge is -2.47. The molecule has 1 aromatic rings. The molecule has 0 aromatic heterocycles. The average Bonchev–Trinajstić information content (AvgIpc) is 2.49. The molecule has 0 spiro atoms. The maximum Gasteiger partial charge on any atom is 0.0216 e. The van der Waals surface area contributed by atoms with Gasteiger partial charge < -0.3 is 0 Å². The molecule has 0 atom stereocenters. The standard InChI is InChI=1S/C18H21Br/c19-15-9-14-10-1-3-11(4-2-10)16(14)18-13-7-5-12(6-8-13)17(15)18/h9-13H,1-8H2. The van der Waals surface area contributed by atoms with Crippen LogP contribution in [0.15, 0.2) is 10.5 Å². The van der Waals surface area contributed by atoms with E-state index in [0.29, 0.717) is 0 Å². The molecule has 6 aliphatic rings. The van der Waals surface area contributed by atoms with Crippen molar-refractivity contribution in [1.29, 1.82) is 0 Å². The predicted molar refractivity (Wildman–Crippen MR) is 82.0 cm³/mol.